The molecule has 5 nitrogen and oxygen atoms in total. The molecule has 0 spiro atoms. The summed E-state index contributed by atoms with van der Waals surface area (Å²) in [5, 5.41) is 0. The fourth-order valence-corrected chi connectivity index (χ4v) is 3.18. The fourth-order valence-electron chi connectivity index (χ4n) is 1.86. The first-order valence-electron chi connectivity index (χ1n) is 6.28. The molecule has 0 heterocycles. The first-order chi connectivity index (χ1) is 9.96. The van der Waals surface area contributed by atoms with Crippen molar-refractivity contribution in [1.29, 1.82) is 0 Å². The Kier molecular flexibility index (Phi) is 4.37. The highest BCUT2D eigenvalue weighted by Crippen LogP contribution is 2.27. The van der Waals surface area contributed by atoms with Crippen molar-refractivity contribution < 1.29 is 17.9 Å². The van der Waals surface area contributed by atoms with E-state index in [9.17, 15) is 8.42 Å². The summed E-state index contributed by atoms with van der Waals surface area (Å²) in [5.74, 6) is 0.965. The van der Waals surface area contributed by atoms with Gasteiger partial charge in [0.05, 0.1) is 14.2 Å². The summed E-state index contributed by atoms with van der Waals surface area (Å²) in [7, 11) is -0.720. The van der Waals surface area contributed by atoms with Crippen molar-refractivity contribution in [2.75, 3.05) is 18.9 Å². The number of rotatable bonds is 5. The number of anilines is 1. The third-order valence-corrected chi connectivity index (χ3v) is 4.35. The van der Waals surface area contributed by atoms with E-state index in [1.807, 2.05) is 6.92 Å². The van der Waals surface area contributed by atoms with Crippen molar-refractivity contribution in [3.8, 4) is 11.5 Å². The minimum Gasteiger partial charge on any atom is -0.497 e. The zero-order valence-corrected chi connectivity index (χ0v) is 12.9. The standard InChI is InChI=1S/C15H17NO4S/c1-11-4-9-14(20-3)15(10-11)21(17,18)16-12-5-7-13(19-2)8-6-12/h4-10,16H,1-3H3. The highest BCUT2D eigenvalue weighted by molar-refractivity contribution is 7.92. The summed E-state index contributed by atoms with van der Waals surface area (Å²) >= 11 is 0. The number of aryl methyl sites for hydroxylation is 1. The number of benzene rings is 2. The topological polar surface area (TPSA) is 64.6 Å². The molecule has 0 saturated heterocycles. The van der Waals surface area contributed by atoms with Gasteiger partial charge in [-0.3, -0.25) is 4.72 Å². The second kappa shape index (κ2) is 6.05. The van der Waals surface area contributed by atoms with Crippen molar-refractivity contribution >= 4 is 15.7 Å². The van der Waals surface area contributed by atoms with Gasteiger partial charge < -0.3 is 9.47 Å². The van der Waals surface area contributed by atoms with Crippen LogP contribution in [0.3, 0.4) is 0 Å². The molecule has 0 aliphatic carbocycles. The lowest BCUT2D eigenvalue weighted by molar-refractivity contribution is 0.402. The monoisotopic (exact) mass is 307 g/mol. The van der Waals surface area contributed by atoms with Crippen LogP contribution >= 0.6 is 0 Å². The Balaban J connectivity index is 2.35. The van der Waals surface area contributed by atoms with E-state index in [2.05, 4.69) is 4.72 Å². The van der Waals surface area contributed by atoms with Gasteiger partial charge in [0.15, 0.2) is 0 Å². The second-order valence-corrected chi connectivity index (χ2v) is 6.14. The van der Waals surface area contributed by atoms with E-state index in [4.69, 9.17) is 9.47 Å². The number of hydrogen-bond acceptors (Lipinski definition) is 4. The van der Waals surface area contributed by atoms with Gasteiger partial charge in [-0.2, -0.15) is 0 Å². The van der Waals surface area contributed by atoms with Crippen LogP contribution < -0.4 is 14.2 Å². The van der Waals surface area contributed by atoms with Gasteiger partial charge in [0, 0.05) is 5.69 Å². The number of sulfonamides is 1. The molecule has 2 aromatic carbocycles. The Labute approximate surface area is 124 Å². The quantitative estimate of drug-likeness (QED) is 0.922. The molecule has 0 radical (unpaired) electrons. The molecule has 112 valence electrons. The highest BCUT2D eigenvalue weighted by atomic mass is 32.2. The third-order valence-electron chi connectivity index (χ3n) is 2.95. The van der Waals surface area contributed by atoms with Crippen LogP contribution in [-0.4, -0.2) is 22.6 Å². The molecule has 0 unspecified atom stereocenters. The van der Waals surface area contributed by atoms with Crippen LogP contribution in [-0.2, 0) is 10.0 Å². The Bertz CT molecular complexity index is 724. The summed E-state index contributed by atoms with van der Waals surface area (Å²) in [6.45, 7) is 1.83. The van der Waals surface area contributed by atoms with Gasteiger partial charge >= 0.3 is 0 Å². The SMILES string of the molecule is COc1ccc(NS(=O)(=O)c2cc(C)ccc2OC)cc1. The molecule has 0 atom stereocenters. The number of hydrogen-bond donors (Lipinski definition) is 1. The van der Waals surface area contributed by atoms with Crippen LogP contribution in [0.4, 0.5) is 5.69 Å². The van der Waals surface area contributed by atoms with Gasteiger partial charge in [0.25, 0.3) is 10.0 Å². The minimum atomic E-state index is -3.71. The smallest absolute Gasteiger partial charge is 0.265 e. The van der Waals surface area contributed by atoms with Crippen LogP contribution in [0, 0.1) is 6.92 Å². The molecule has 0 fully saturated rings. The lowest BCUT2D eigenvalue weighted by Gasteiger charge is -2.12. The third kappa shape index (κ3) is 3.46. The fraction of sp³-hybridized carbons (Fsp3) is 0.200. The van der Waals surface area contributed by atoms with Crippen molar-refractivity contribution in [1.82, 2.24) is 0 Å². The van der Waals surface area contributed by atoms with Crippen molar-refractivity contribution in [3.63, 3.8) is 0 Å². The molecule has 21 heavy (non-hydrogen) atoms. The van der Waals surface area contributed by atoms with E-state index in [0.29, 0.717) is 17.2 Å². The Morgan fingerprint density at radius 1 is 0.952 bits per heavy atom. The number of methoxy groups -OCH3 is 2. The van der Waals surface area contributed by atoms with Crippen LogP contribution in [0.5, 0.6) is 11.5 Å². The molecular formula is C15H17NO4S. The molecule has 1 N–H and O–H groups in total. The van der Waals surface area contributed by atoms with E-state index in [-0.39, 0.29) is 4.90 Å². The largest absolute Gasteiger partial charge is 0.497 e. The molecule has 2 rings (SSSR count). The van der Waals surface area contributed by atoms with E-state index >= 15 is 0 Å². The Morgan fingerprint density at radius 2 is 1.62 bits per heavy atom. The maximum absolute atomic E-state index is 12.5. The maximum atomic E-state index is 12.5. The average Bonchev–Trinajstić information content (AvgIpc) is 2.47. The summed E-state index contributed by atoms with van der Waals surface area (Å²) < 4.78 is 37.6. The van der Waals surface area contributed by atoms with Gasteiger partial charge in [-0.15, -0.1) is 0 Å². The Hall–Kier alpha value is -2.21. The van der Waals surface area contributed by atoms with Crippen molar-refractivity contribution in [2.45, 2.75) is 11.8 Å². The van der Waals surface area contributed by atoms with Crippen LogP contribution in [0.1, 0.15) is 5.56 Å². The highest BCUT2D eigenvalue weighted by Gasteiger charge is 2.19. The van der Waals surface area contributed by atoms with Crippen LogP contribution in [0.25, 0.3) is 0 Å². The van der Waals surface area contributed by atoms with E-state index < -0.39 is 10.0 Å². The lowest BCUT2D eigenvalue weighted by Crippen LogP contribution is -2.14. The zero-order chi connectivity index (χ0) is 15.5. The molecule has 0 aliphatic rings. The maximum Gasteiger partial charge on any atom is 0.265 e. The molecule has 0 aromatic heterocycles. The molecule has 2 aromatic rings. The minimum absolute atomic E-state index is 0.112. The van der Waals surface area contributed by atoms with Crippen molar-refractivity contribution in [2.24, 2.45) is 0 Å². The van der Waals surface area contributed by atoms with Crippen LogP contribution in [0.15, 0.2) is 47.4 Å². The van der Waals surface area contributed by atoms with E-state index in [0.717, 1.165) is 5.56 Å². The van der Waals surface area contributed by atoms with E-state index in [1.165, 1.54) is 7.11 Å². The predicted octanol–water partition coefficient (Wildman–Crippen LogP) is 2.81. The van der Waals surface area contributed by atoms with Gasteiger partial charge in [-0.25, -0.2) is 8.42 Å². The first-order valence-corrected chi connectivity index (χ1v) is 7.76. The zero-order valence-electron chi connectivity index (χ0n) is 12.1. The van der Waals surface area contributed by atoms with Gasteiger partial charge in [0.2, 0.25) is 0 Å². The van der Waals surface area contributed by atoms with Gasteiger partial charge in [-0.1, -0.05) is 6.07 Å². The molecule has 0 aliphatic heterocycles. The first kappa shape index (κ1) is 15.2. The van der Waals surface area contributed by atoms with Crippen LogP contribution in [0.2, 0.25) is 0 Å². The van der Waals surface area contributed by atoms with Gasteiger partial charge in [-0.05, 0) is 48.9 Å². The van der Waals surface area contributed by atoms with E-state index in [1.54, 1.807) is 49.6 Å². The summed E-state index contributed by atoms with van der Waals surface area (Å²) in [6, 6.07) is 11.7. The van der Waals surface area contributed by atoms with Crippen molar-refractivity contribution in [3.05, 3.63) is 48.0 Å². The summed E-state index contributed by atoms with van der Waals surface area (Å²) in [6.07, 6.45) is 0. The second-order valence-electron chi connectivity index (χ2n) is 4.49. The van der Waals surface area contributed by atoms with Gasteiger partial charge in [0.1, 0.15) is 16.4 Å². The number of ether oxygens (including phenoxy) is 2. The molecule has 0 amide bonds. The number of nitrogens with one attached hydrogen (secondary N) is 1. The molecular weight excluding hydrogens is 290 g/mol. The predicted molar refractivity (Wildman–Crippen MR) is 81.5 cm³/mol. The molecule has 0 saturated carbocycles. The summed E-state index contributed by atoms with van der Waals surface area (Å²) in [4.78, 5) is 0.112. The lowest BCUT2D eigenvalue weighted by atomic mass is 10.2. The Morgan fingerprint density at radius 3 is 2.19 bits per heavy atom. The summed E-state index contributed by atoms with van der Waals surface area (Å²) in [5.41, 5.74) is 1.30. The molecule has 0 bridgehead atoms. The molecule has 6 heteroatoms. The normalized spacial score (nSPS) is 11.0. The average molecular weight is 307 g/mol.